The van der Waals surface area contributed by atoms with Crippen molar-refractivity contribution in [3.8, 4) is 0 Å². The van der Waals surface area contributed by atoms with Crippen LogP contribution in [0.15, 0.2) is 0 Å². The van der Waals surface area contributed by atoms with Crippen molar-refractivity contribution in [2.24, 2.45) is 105 Å². The maximum Gasteiger partial charge on any atom is 0.0605 e. The Balaban J connectivity index is 0.000000179. The number of aliphatic hydroxyl groups excluding tert-OH is 7. The number of unbranched alkanes of at least 4 members (excludes halogenated alkanes) is 1. The predicted octanol–water partition coefficient (Wildman–Crippen LogP) is 9.01. The first-order valence-electron chi connectivity index (χ1n) is 25.6. The average molecular weight is 829 g/mol. The molecule has 0 bridgehead atoms. The van der Waals surface area contributed by atoms with Crippen molar-refractivity contribution < 1.29 is 35.7 Å². The number of rotatable bonds is 9. The van der Waals surface area contributed by atoms with Crippen molar-refractivity contribution in [1.82, 2.24) is 0 Å². The molecule has 0 amide bonds. The number of hydrogen-bond donors (Lipinski definition) is 7. The molecule has 7 heteroatoms. The third-order valence-electron chi connectivity index (χ3n) is 21.8. The lowest BCUT2D eigenvalue weighted by atomic mass is 9.40. The summed E-state index contributed by atoms with van der Waals surface area (Å²) in [5, 5.41) is 77.0. The van der Waals surface area contributed by atoms with E-state index in [4.69, 9.17) is 0 Å². The van der Waals surface area contributed by atoms with Gasteiger partial charge in [-0.25, -0.2) is 0 Å². The molecule has 0 saturated heterocycles. The standard InChI is InChI=1S/C27H48O3.C25H44O4/c1-6-8-9-16(3)19-10-11-20-23-24(22(29)15-27(19,20)5)26(4)13-12-17(28)14-21(26)18(7-2)25(23)30;1-5-16-19-12-15(27)8-10-24(19,3)22-20(28)13-25(4)17(14(2)9-11-26)6-7-18(25)21(22)23(16)29/h16-25,28-30H,6-15H2,1-5H3;14-23,26-29H,5-13H2,1-4H3/t16-,17-,18-,19-,20?,21+,22+,23?,24?,25-,26+,27-;14-,15-,16-,17-,18?,19+,20+,21?,22?,23-,24+,25-/m11/s1. The molecular formula is C52H92O7. The molecule has 7 nitrogen and oxygen atoms in total. The molecule has 0 aromatic heterocycles. The normalized spacial score (nSPS) is 54.9. The maximum atomic E-state index is 11.8. The van der Waals surface area contributed by atoms with Gasteiger partial charge in [-0.3, -0.25) is 0 Å². The number of aliphatic hydroxyl groups is 7. The van der Waals surface area contributed by atoms with E-state index in [9.17, 15) is 35.7 Å². The third kappa shape index (κ3) is 7.49. The molecule has 8 saturated carbocycles. The molecule has 0 aromatic rings. The Morgan fingerprint density at radius 2 is 0.932 bits per heavy atom. The second kappa shape index (κ2) is 17.6. The zero-order chi connectivity index (χ0) is 43.0. The predicted molar refractivity (Wildman–Crippen MR) is 236 cm³/mol. The van der Waals surface area contributed by atoms with Crippen molar-refractivity contribution >= 4 is 0 Å². The number of fused-ring (bicyclic) bond motifs is 10. The van der Waals surface area contributed by atoms with E-state index in [0.717, 1.165) is 83.5 Å². The van der Waals surface area contributed by atoms with Gasteiger partial charge in [0.15, 0.2) is 0 Å². The summed E-state index contributed by atoms with van der Waals surface area (Å²) >= 11 is 0. The summed E-state index contributed by atoms with van der Waals surface area (Å²) in [6.07, 6.45) is 16.5. The maximum absolute atomic E-state index is 11.8. The fourth-order valence-electron chi connectivity index (χ4n) is 19.2. The first-order chi connectivity index (χ1) is 27.9. The van der Waals surface area contributed by atoms with Gasteiger partial charge in [-0.15, -0.1) is 0 Å². The van der Waals surface area contributed by atoms with Gasteiger partial charge in [0.2, 0.25) is 0 Å². The molecule has 8 aliphatic carbocycles. The molecule has 0 aromatic carbocycles. The summed E-state index contributed by atoms with van der Waals surface area (Å²) in [6.45, 7) is 21.2. The highest BCUT2D eigenvalue weighted by atomic mass is 16.3. The molecule has 0 spiro atoms. The van der Waals surface area contributed by atoms with Crippen LogP contribution in [-0.2, 0) is 0 Å². The van der Waals surface area contributed by atoms with E-state index in [1.165, 1.54) is 32.1 Å². The quantitative estimate of drug-likeness (QED) is 0.123. The summed E-state index contributed by atoms with van der Waals surface area (Å²) in [7, 11) is 0. The van der Waals surface area contributed by atoms with Crippen molar-refractivity contribution in [3.63, 3.8) is 0 Å². The second-order valence-electron chi connectivity index (χ2n) is 24.2. The Labute approximate surface area is 360 Å². The molecular weight excluding hydrogens is 737 g/mol. The molecule has 8 aliphatic rings. The summed E-state index contributed by atoms with van der Waals surface area (Å²) in [5.41, 5.74) is 0.270. The smallest absolute Gasteiger partial charge is 0.0605 e. The SMILES string of the molecule is CCCC[C@@H](C)[C@H]1CCC2C3C([C@@H](O)C[C@@]21C)[C@@]1(C)CC[C@@H](O)C[C@H]1[C@@H](CC)[C@H]3O.CC[C@H]1[C@@H](O)C2C3CC[C@H]([C@H](C)CCO)[C@@]3(C)C[C@H](O)C2[C@@]2(C)CC[C@@H](O)C[C@@H]12. The Bertz CT molecular complexity index is 1410. The van der Waals surface area contributed by atoms with E-state index in [1.807, 2.05) is 0 Å². The summed E-state index contributed by atoms with van der Waals surface area (Å²) in [4.78, 5) is 0. The summed E-state index contributed by atoms with van der Waals surface area (Å²) in [5.74, 6) is 5.19. The van der Waals surface area contributed by atoms with E-state index in [2.05, 4.69) is 62.3 Å². The highest BCUT2D eigenvalue weighted by molar-refractivity contribution is 5.17. The zero-order valence-corrected chi connectivity index (χ0v) is 39.1. The average Bonchev–Trinajstić information content (AvgIpc) is 3.71. The van der Waals surface area contributed by atoms with Crippen LogP contribution in [0.1, 0.15) is 178 Å². The summed E-state index contributed by atoms with van der Waals surface area (Å²) in [6, 6.07) is 0. The highest BCUT2D eigenvalue weighted by Gasteiger charge is 2.69. The van der Waals surface area contributed by atoms with Crippen molar-refractivity contribution in [1.29, 1.82) is 0 Å². The van der Waals surface area contributed by atoms with Gasteiger partial charge < -0.3 is 35.7 Å². The van der Waals surface area contributed by atoms with Crippen molar-refractivity contribution in [2.75, 3.05) is 6.61 Å². The third-order valence-corrected chi connectivity index (χ3v) is 21.8. The van der Waals surface area contributed by atoms with Gasteiger partial charge in [0.05, 0.1) is 36.6 Å². The van der Waals surface area contributed by atoms with Gasteiger partial charge in [-0.05, 0) is 188 Å². The van der Waals surface area contributed by atoms with Crippen LogP contribution in [0.4, 0.5) is 0 Å². The van der Waals surface area contributed by atoms with Gasteiger partial charge in [0.25, 0.3) is 0 Å². The Morgan fingerprint density at radius 1 is 0.525 bits per heavy atom. The molecule has 59 heavy (non-hydrogen) atoms. The van der Waals surface area contributed by atoms with E-state index in [0.29, 0.717) is 47.3 Å². The largest absolute Gasteiger partial charge is 0.396 e. The Hall–Kier alpha value is -0.280. The lowest BCUT2D eigenvalue weighted by Gasteiger charge is -2.66. The molecule has 7 N–H and O–H groups in total. The molecule has 24 atom stereocenters. The minimum absolute atomic E-state index is 0.0132. The minimum atomic E-state index is -0.377. The van der Waals surface area contributed by atoms with Crippen LogP contribution in [0, 0.1) is 105 Å². The lowest BCUT2D eigenvalue weighted by Crippen LogP contribution is -2.65. The van der Waals surface area contributed by atoms with Crippen LogP contribution in [-0.4, -0.2) is 79.0 Å². The van der Waals surface area contributed by atoms with E-state index in [-0.39, 0.29) is 100 Å². The van der Waals surface area contributed by atoms with Crippen LogP contribution in [0.3, 0.4) is 0 Å². The first-order valence-corrected chi connectivity index (χ1v) is 25.6. The molecule has 0 aliphatic heterocycles. The lowest BCUT2D eigenvalue weighted by molar-refractivity contribution is -0.235. The Kier molecular flexibility index (Phi) is 13.9. The van der Waals surface area contributed by atoms with Crippen molar-refractivity contribution in [3.05, 3.63) is 0 Å². The summed E-state index contributed by atoms with van der Waals surface area (Å²) < 4.78 is 0. The van der Waals surface area contributed by atoms with Crippen LogP contribution in [0.2, 0.25) is 0 Å². The monoisotopic (exact) mass is 829 g/mol. The molecule has 0 heterocycles. The molecule has 0 radical (unpaired) electrons. The van der Waals surface area contributed by atoms with Crippen LogP contribution < -0.4 is 0 Å². The van der Waals surface area contributed by atoms with Gasteiger partial charge >= 0.3 is 0 Å². The van der Waals surface area contributed by atoms with Gasteiger partial charge in [-0.2, -0.15) is 0 Å². The zero-order valence-electron chi connectivity index (χ0n) is 39.1. The van der Waals surface area contributed by atoms with Gasteiger partial charge in [0.1, 0.15) is 0 Å². The van der Waals surface area contributed by atoms with Crippen molar-refractivity contribution in [2.45, 2.75) is 215 Å². The molecule has 6 unspecified atom stereocenters. The fraction of sp³-hybridized carbons (Fsp3) is 1.00. The first kappa shape index (κ1) is 46.7. The van der Waals surface area contributed by atoms with Gasteiger partial charge in [-0.1, -0.05) is 94.4 Å². The highest BCUT2D eigenvalue weighted by Crippen LogP contribution is 2.71. The Morgan fingerprint density at radius 3 is 1.31 bits per heavy atom. The second-order valence-corrected chi connectivity index (χ2v) is 24.2. The van der Waals surface area contributed by atoms with E-state index >= 15 is 0 Å². The van der Waals surface area contributed by atoms with E-state index < -0.39 is 0 Å². The fourth-order valence-corrected chi connectivity index (χ4v) is 19.2. The number of hydrogen-bond acceptors (Lipinski definition) is 7. The van der Waals surface area contributed by atoms with Crippen LogP contribution in [0.25, 0.3) is 0 Å². The minimum Gasteiger partial charge on any atom is -0.396 e. The topological polar surface area (TPSA) is 142 Å². The van der Waals surface area contributed by atoms with Crippen LogP contribution in [0.5, 0.6) is 0 Å². The van der Waals surface area contributed by atoms with Crippen LogP contribution >= 0.6 is 0 Å². The van der Waals surface area contributed by atoms with E-state index in [1.54, 1.807) is 0 Å². The molecule has 8 fully saturated rings. The van der Waals surface area contributed by atoms with Gasteiger partial charge in [0, 0.05) is 6.61 Å². The molecule has 342 valence electrons. The molecule has 8 rings (SSSR count).